The van der Waals surface area contributed by atoms with E-state index in [1.54, 1.807) is 23.2 Å². The van der Waals surface area contributed by atoms with Gasteiger partial charge >= 0.3 is 0 Å². The van der Waals surface area contributed by atoms with Crippen LogP contribution in [0.1, 0.15) is 46.7 Å². The molecule has 31 heavy (non-hydrogen) atoms. The Bertz CT molecular complexity index is 1260. The summed E-state index contributed by atoms with van der Waals surface area (Å²) in [5.74, 6) is 0.155. The molecule has 1 amide bonds. The van der Waals surface area contributed by atoms with Crippen LogP contribution in [0.15, 0.2) is 66.9 Å². The minimum Gasteiger partial charge on any atom is -0.337 e. The molecule has 0 bridgehead atoms. The van der Waals surface area contributed by atoms with E-state index in [9.17, 15) is 9.18 Å². The maximum Gasteiger partial charge on any atom is 0.253 e. The zero-order valence-corrected chi connectivity index (χ0v) is 17.4. The van der Waals surface area contributed by atoms with Crippen molar-refractivity contribution in [2.24, 2.45) is 0 Å². The average molecular weight is 413 g/mol. The van der Waals surface area contributed by atoms with Crippen LogP contribution in [-0.2, 0) is 6.54 Å². The van der Waals surface area contributed by atoms with Crippen molar-refractivity contribution < 1.29 is 9.18 Å². The molecule has 0 spiro atoms. The number of fused-ring (bicyclic) bond motifs is 1. The molecular formula is C26H24FN3O. The van der Waals surface area contributed by atoms with Crippen LogP contribution in [0, 0.1) is 5.82 Å². The Kier molecular flexibility index (Phi) is 5.02. The van der Waals surface area contributed by atoms with Gasteiger partial charge in [-0.15, -0.1) is 0 Å². The van der Waals surface area contributed by atoms with Crippen molar-refractivity contribution in [2.45, 2.75) is 31.7 Å². The Hall–Kier alpha value is -3.47. The predicted molar refractivity (Wildman–Crippen MR) is 120 cm³/mol. The van der Waals surface area contributed by atoms with Gasteiger partial charge in [-0.05, 0) is 65.3 Å². The molecule has 4 aromatic rings. The maximum atomic E-state index is 13.8. The number of amides is 1. The second-order valence-electron chi connectivity index (χ2n) is 8.35. The molecule has 1 aromatic heterocycles. The largest absolute Gasteiger partial charge is 0.337 e. The molecule has 1 aliphatic rings. The lowest BCUT2D eigenvalue weighted by Gasteiger charge is -2.29. The van der Waals surface area contributed by atoms with Crippen molar-refractivity contribution in [3.8, 4) is 11.1 Å². The number of nitrogens with zero attached hydrogens (tertiary/aromatic N) is 2. The molecular weight excluding hydrogens is 389 g/mol. The van der Waals surface area contributed by atoms with E-state index >= 15 is 0 Å². The van der Waals surface area contributed by atoms with Gasteiger partial charge in [0.25, 0.3) is 5.91 Å². The highest BCUT2D eigenvalue weighted by atomic mass is 19.1. The molecule has 0 radical (unpaired) electrons. The van der Waals surface area contributed by atoms with E-state index in [0.717, 1.165) is 46.0 Å². The van der Waals surface area contributed by atoms with Crippen LogP contribution in [0.3, 0.4) is 0 Å². The van der Waals surface area contributed by atoms with Gasteiger partial charge in [0, 0.05) is 24.5 Å². The zero-order valence-electron chi connectivity index (χ0n) is 17.4. The SMILES string of the molecule is CN(Cc1cccc2cn[nH]c12)C(=O)c1ccc(-c2cccc(F)c2)c(C2CCC2)c1. The topological polar surface area (TPSA) is 49.0 Å². The number of halogens is 1. The normalized spacial score (nSPS) is 13.9. The summed E-state index contributed by atoms with van der Waals surface area (Å²) in [6, 6.07) is 18.5. The van der Waals surface area contributed by atoms with Gasteiger partial charge in [0.1, 0.15) is 5.82 Å². The Morgan fingerprint density at radius 1 is 1.13 bits per heavy atom. The summed E-state index contributed by atoms with van der Waals surface area (Å²) in [6.07, 6.45) is 5.20. The van der Waals surface area contributed by atoms with Crippen molar-refractivity contribution in [1.29, 1.82) is 0 Å². The van der Waals surface area contributed by atoms with Crippen molar-refractivity contribution in [3.05, 3.63) is 89.4 Å². The van der Waals surface area contributed by atoms with Gasteiger partial charge < -0.3 is 4.90 Å². The summed E-state index contributed by atoms with van der Waals surface area (Å²) in [6.45, 7) is 0.489. The second-order valence-corrected chi connectivity index (χ2v) is 8.35. The van der Waals surface area contributed by atoms with Gasteiger partial charge in [-0.2, -0.15) is 5.10 Å². The number of H-pyrrole nitrogens is 1. The van der Waals surface area contributed by atoms with E-state index in [1.807, 2.05) is 49.5 Å². The van der Waals surface area contributed by atoms with Gasteiger partial charge in [0.15, 0.2) is 0 Å². The molecule has 0 aliphatic heterocycles. The minimum atomic E-state index is -0.245. The molecule has 3 aromatic carbocycles. The number of hydrogen-bond donors (Lipinski definition) is 1. The molecule has 1 N–H and O–H groups in total. The number of aromatic nitrogens is 2. The van der Waals surface area contributed by atoms with Crippen LogP contribution >= 0.6 is 0 Å². The lowest BCUT2D eigenvalue weighted by Crippen LogP contribution is -2.26. The number of para-hydroxylation sites is 1. The number of rotatable bonds is 5. The molecule has 0 saturated heterocycles. The van der Waals surface area contributed by atoms with Crippen molar-refractivity contribution in [3.63, 3.8) is 0 Å². The number of aromatic amines is 1. The lowest BCUT2D eigenvalue weighted by atomic mass is 9.76. The first-order valence-corrected chi connectivity index (χ1v) is 10.7. The van der Waals surface area contributed by atoms with Gasteiger partial charge in [-0.1, -0.05) is 42.8 Å². The fraction of sp³-hybridized carbons (Fsp3) is 0.231. The van der Waals surface area contributed by atoms with E-state index in [0.29, 0.717) is 18.0 Å². The molecule has 156 valence electrons. The quantitative estimate of drug-likeness (QED) is 0.442. The summed E-state index contributed by atoms with van der Waals surface area (Å²) in [7, 11) is 1.82. The van der Waals surface area contributed by atoms with Crippen LogP contribution in [0.4, 0.5) is 4.39 Å². The molecule has 5 rings (SSSR count). The summed E-state index contributed by atoms with van der Waals surface area (Å²) in [4.78, 5) is 15.0. The maximum absolute atomic E-state index is 13.8. The smallest absolute Gasteiger partial charge is 0.253 e. The number of nitrogens with one attached hydrogen (secondary N) is 1. The molecule has 1 aliphatic carbocycles. The van der Waals surface area contributed by atoms with Crippen LogP contribution in [-0.4, -0.2) is 28.1 Å². The Morgan fingerprint density at radius 2 is 1.97 bits per heavy atom. The van der Waals surface area contributed by atoms with E-state index in [-0.39, 0.29) is 11.7 Å². The summed E-state index contributed by atoms with van der Waals surface area (Å²) in [5, 5.41) is 8.16. The van der Waals surface area contributed by atoms with E-state index in [2.05, 4.69) is 10.2 Å². The molecule has 1 heterocycles. The van der Waals surface area contributed by atoms with E-state index in [1.165, 1.54) is 12.5 Å². The first kappa shape index (κ1) is 19.5. The average Bonchev–Trinajstić information content (AvgIpc) is 3.22. The van der Waals surface area contributed by atoms with E-state index < -0.39 is 0 Å². The zero-order chi connectivity index (χ0) is 21.4. The molecule has 1 saturated carbocycles. The van der Waals surface area contributed by atoms with Crippen LogP contribution in [0.5, 0.6) is 0 Å². The molecule has 0 atom stereocenters. The monoisotopic (exact) mass is 413 g/mol. The summed E-state index contributed by atoms with van der Waals surface area (Å²) in [5.41, 5.74) is 5.68. The van der Waals surface area contributed by atoms with Crippen molar-refractivity contribution in [1.82, 2.24) is 15.1 Å². The van der Waals surface area contributed by atoms with Crippen molar-refractivity contribution in [2.75, 3.05) is 7.05 Å². The fourth-order valence-electron chi connectivity index (χ4n) is 4.38. The fourth-order valence-corrected chi connectivity index (χ4v) is 4.38. The first-order chi connectivity index (χ1) is 15.1. The third-order valence-corrected chi connectivity index (χ3v) is 6.30. The standard InChI is InChI=1S/C26H24FN3O/c1-30(16-21-9-3-8-20-15-28-29-25(20)21)26(31)19-11-12-23(18-7-4-10-22(27)13-18)24(14-19)17-5-2-6-17/h3-4,7-15,17H,2,5-6,16H2,1H3,(H,28,29). The lowest BCUT2D eigenvalue weighted by molar-refractivity contribution is 0.0785. The van der Waals surface area contributed by atoms with Crippen LogP contribution in [0.2, 0.25) is 0 Å². The second kappa shape index (κ2) is 7.99. The molecule has 0 unspecified atom stereocenters. The molecule has 5 heteroatoms. The summed E-state index contributed by atoms with van der Waals surface area (Å²) >= 11 is 0. The molecule has 1 fully saturated rings. The number of carbonyl (C=O) groups is 1. The number of carbonyl (C=O) groups excluding carboxylic acids is 1. The van der Waals surface area contributed by atoms with Crippen LogP contribution < -0.4 is 0 Å². The predicted octanol–water partition coefficient (Wildman–Crippen LogP) is 5.91. The Balaban J connectivity index is 1.45. The first-order valence-electron chi connectivity index (χ1n) is 10.7. The molecule has 4 nitrogen and oxygen atoms in total. The number of benzene rings is 3. The third kappa shape index (κ3) is 3.72. The highest BCUT2D eigenvalue weighted by molar-refractivity contribution is 5.95. The van der Waals surface area contributed by atoms with Crippen molar-refractivity contribution >= 4 is 16.8 Å². The van der Waals surface area contributed by atoms with E-state index in [4.69, 9.17) is 0 Å². The van der Waals surface area contributed by atoms with Gasteiger partial charge in [0.2, 0.25) is 0 Å². The highest BCUT2D eigenvalue weighted by Gasteiger charge is 2.25. The highest BCUT2D eigenvalue weighted by Crippen LogP contribution is 2.41. The minimum absolute atomic E-state index is 0.0251. The Labute approximate surface area is 180 Å². The van der Waals surface area contributed by atoms with Gasteiger partial charge in [0.05, 0.1) is 11.7 Å². The Morgan fingerprint density at radius 3 is 2.74 bits per heavy atom. The third-order valence-electron chi connectivity index (χ3n) is 6.30. The van der Waals surface area contributed by atoms with Crippen LogP contribution in [0.25, 0.3) is 22.0 Å². The number of hydrogen-bond acceptors (Lipinski definition) is 2. The van der Waals surface area contributed by atoms with Gasteiger partial charge in [-0.3, -0.25) is 9.89 Å². The van der Waals surface area contributed by atoms with Gasteiger partial charge in [-0.25, -0.2) is 4.39 Å². The summed E-state index contributed by atoms with van der Waals surface area (Å²) < 4.78 is 13.8.